The number of thiazole rings is 1. The Hall–Kier alpha value is -0.410. The molecule has 0 unspecified atom stereocenters. The van der Waals surface area contributed by atoms with Gasteiger partial charge in [-0.2, -0.15) is 0 Å². The predicted molar refractivity (Wildman–Crippen MR) is 79.1 cm³/mol. The van der Waals surface area contributed by atoms with Gasteiger partial charge >= 0.3 is 0 Å². The van der Waals surface area contributed by atoms with E-state index in [9.17, 15) is 0 Å². The van der Waals surface area contributed by atoms with Crippen LogP contribution in [0.25, 0.3) is 0 Å². The van der Waals surface area contributed by atoms with Crippen molar-refractivity contribution in [3.63, 3.8) is 0 Å². The minimum Gasteiger partial charge on any atom is -0.312 e. The topological polar surface area (TPSA) is 24.9 Å². The summed E-state index contributed by atoms with van der Waals surface area (Å²) in [5, 5.41) is 4.81. The summed E-state index contributed by atoms with van der Waals surface area (Å²) in [4.78, 5) is 5.89. The van der Waals surface area contributed by atoms with E-state index in [1.807, 2.05) is 17.5 Å². The number of aromatic nitrogens is 1. The van der Waals surface area contributed by atoms with Gasteiger partial charge in [0, 0.05) is 23.0 Å². The third kappa shape index (κ3) is 4.06. The van der Waals surface area contributed by atoms with Gasteiger partial charge in [0.05, 0.1) is 5.01 Å². The summed E-state index contributed by atoms with van der Waals surface area (Å²) in [7, 11) is 0. The van der Waals surface area contributed by atoms with Gasteiger partial charge in [-0.05, 0) is 18.9 Å². The van der Waals surface area contributed by atoms with Gasteiger partial charge in [0.1, 0.15) is 0 Å². The fraction of sp³-hybridized carbons (Fsp3) is 0.800. The first kappa shape index (κ1) is 14.0. The van der Waals surface area contributed by atoms with Crippen LogP contribution in [0.5, 0.6) is 0 Å². The highest BCUT2D eigenvalue weighted by Crippen LogP contribution is 2.28. The summed E-state index contributed by atoms with van der Waals surface area (Å²) in [5.74, 6) is 0.990. The lowest BCUT2D eigenvalue weighted by molar-refractivity contribution is 0.478. The van der Waals surface area contributed by atoms with Crippen LogP contribution in [0.1, 0.15) is 62.8 Å². The standard InChI is InChI=1S/C15H26N2S/c1-15(2,3)14-17-11-13(18-14)10-16-9-8-12-6-4-5-7-12/h11-12,16H,4-10H2,1-3H3. The Labute approximate surface area is 115 Å². The molecule has 1 aliphatic carbocycles. The average molecular weight is 266 g/mol. The Morgan fingerprint density at radius 2 is 2.06 bits per heavy atom. The number of hydrogen-bond donors (Lipinski definition) is 1. The molecule has 0 radical (unpaired) electrons. The van der Waals surface area contributed by atoms with Gasteiger partial charge in [0.15, 0.2) is 0 Å². The quantitative estimate of drug-likeness (QED) is 0.811. The Morgan fingerprint density at radius 3 is 2.67 bits per heavy atom. The molecule has 1 aromatic heterocycles. The molecule has 1 aromatic rings. The first-order valence-electron chi connectivity index (χ1n) is 7.21. The maximum Gasteiger partial charge on any atom is 0.0981 e. The van der Waals surface area contributed by atoms with E-state index in [2.05, 4.69) is 31.1 Å². The van der Waals surface area contributed by atoms with Crippen molar-refractivity contribution in [1.82, 2.24) is 10.3 Å². The third-order valence-electron chi connectivity index (χ3n) is 3.70. The summed E-state index contributed by atoms with van der Waals surface area (Å²) in [5.41, 5.74) is 0.187. The maximum absolute atomic E-state index is 4.52. The monoisotopic (exact) mass is 266 g/mol. The highest BCUT2D eigenvalue weighted by molar-refractivity contribution is 7.11. The molecule has 0 aromatic carbocycles. The van der Waals surface area contributed by atoms with Crippen molar-refractivity contribution in [2.75, 3.05) is 6.54 Å². The fourth-order valence-electron chi connectivity index (χ4n) is 2.55. The summed E-state index contributed by atoms with van der Waals surface area (Å²) in [6.07, 6.45) is 9.20. The Bertz CT molecular complexity index is 359. The van der Waals surface area contributed by atoms with Crippen LogP contribution >= 0.6 is 11.3 Å². The first-order valence-corrected chi connectivity index (χ1v) is 8.03. The summed E-state index contributed by atoms with van der Waals surface area (Å²) < 4.78 is 0. The maximum atomic E-state index is 4.52. The van der Waals surface area contributed by atoms with E-state index in [1.165, 1.54) is 42.0 Å². The second kappa shape index (κ2) is 6.16. The van der Waals surface area contributed by atoms with Crippen molar-refractivity contribution >= 4 is 11.3 Å². The van der Waals surface area contributed by atoms with Crippen LogP contribution in [0.15, 0.2) is 6.20 Å². The van der Waals surface area contributed by atoms with Crippen LogP contribution in [0, 0.1) is 5.92 Å². The van der Waals surface area contributed by atoms with Crippen molar-refractivity contribution < 1.29 is 0 Å². The van der Waals surface area contributed by atoms with Crippen molar-refractivity contribution in [2.24, 2.45) is 5.92 Å². The Morgan fingerprint density at radius 1 is 1.33 bits per heavy atom. The molecule has 1 aliphatic rings. The minimum absolute atomic E-state index is 0.187. The summed E-state index contributed by atoms with van der Waals surface area (Å²) in [6, 6.07) is 0. The van der Waals surface area contributed by atoms with Gasteiger partial charge < -0.3 is 5.32 Å². The molecular weight excluding hydrogens is 240 g/mol. The molecule has 0 amide bonds. The van der Waals surface area contributed by atoms with Crippen LogP contribution in [0.4, 0.5) is 0 Å². The van der Waals surface area contributed by atoms with Crippen LogP contribution in [-0.2, 0) is 12.0 Å². The van der Waals surface area contributed by atoms with Crippen LogP contribution in [0.3, 0.4) is 0 Å². The normalized spacial score (nSPS) is 17.5. The number of nitrogens with one attached hydrogen (secondary N) is 1. The highest BCUT2D eigenvalue weighted by atomic mass is 32.1. The van der Waals surface area contributed by atoms with Gasteiger partial charge in [0.2, 0.25) is 0 Å². The molecule has 2 nitrogen and oxygen atoms in total. The second-order valence-corrected chi connectivity index (χ2v) is 7.61. The molecule has 2 rings (SSSR count). The number of hydrogen-bond acceptors (Lipinski definition) is 3. The molecule has 3 heteroatoms. The lowest BCUT2D eigenvalue weighted by Crippen LogP contribution is -2.16. The molecule has 0 bridgehead atoms. The summed E-state index contributed by atoms with van der Waals surface area (Å²) >= 11 is 1.85. The predicted octanol–water partition coefficient (Wildman–Crippen LogP) is 4.11. The summed E-state index contributed by atoms with van der Waals surface area (Å²) in [6.45, 7) is 8.82. The van der Waals surface area contributed by atoms with Crippen LogP contribution in [-0.4, -0.2) is 11.5 Å². The van der Waals surface area contributed by atoms with Crippen molar-refractivity contribution in [1.29, 1.82) is 0 Å². The zero-order valence-electron chi connectivity index (χ0n) is 12.0. The van der Waals surface area contributed by atoms with E-state index in [-0.39, 0.29) is 5.41 Å². The molecule has 1 heterocycles. The fourth-order valence-corrected chi connectivity index (χ4v) is 3.49. The molecular formula is C15H26N2S. The molecule has 18 heavy (non-hydrogen) atoms. The molecule has 102 valence electrons. The lowest BCUT2D eigenvalue weighted by atomic mass is 9.98. The Balaban J connectivity index is 1.68. The van der Waals surface area contributed by atoms with Crippen molar-refractivity contribution in [3.8, 4) is 0 Å². The highest BCUT2D eigenvalue weighted by Gasteiger charge is 2.18. The van der Waals surface area contributed by atoms with E-state index in [4.69, 9.17) is 0 Å². The van der Waals surface area contributed by atoms with E-state index in [1.54, 1.807) is 0 Å². The van der Waals surface area contributed by atoms with Crippen molar-refractivity contribution in [3.05, 3.63) is 16.1 Å². The van der Waals surface area contributed by atoms with E-state index >= 15 is 0 Å². The molecule has 0 aliphatic heterocycles. The smallest absolute Gasteiger partial charge is 0.0981 e. The molecule has 1 N–H and O–H groups in total. The molecule has 1 fully saturated rings. The van der Waals surface area contributed by atoms with E-state index in [0.717, 1.165) is 19.0 Å². The number of nitrogens with zero attached hydrogens (tertiary/aromatic N) is 1. The third-order valence-corrected chi connectivity index (χ3v) is 5.12. The molecule has 0 spiro atoms. The SMILES string of the molecule is CC(C)(C)c1ncc(CNCCC2CCCC2)s1. The van der Waals surface area contributed by atoms with Crippen LogP contribution in [0.2, 0.25) is 0 Å². The second-order valence-electron chi connectivity index (χ2n) is 6.50. The van der Waals surface area contributed by atoms with Crippen LogP contribution < -0.4 is 5.32 Å². The van der Waals surface area contributed by atoms with Gasteiger partial charge in [-0.1, -0.05) is 46.5 Å². The lowest BCUT2D eigenvalue weighted by Gasteiger charge is -2.13. The first-order chi connectivity index (χ1) is 8.55. The molecule has 1 saturated carbocycles. The molecule has 0 saturated heterocycles. The van der Waals surface area contributed by atoms with Crippen molar-refractivity contribution in [2.45, 2.75) is 64.8 Å². The van der Waals surface area contributed by atoms with Gasteiger partial charge in [-0.3, -0.25) is 0 Å². The average Bonchev–Trinajstić information content (AvgIpc) is 2.95. The largest absolute Gasteiger partial charge is 0.312 e. The zero-order chi connectivity index (χ0) is 13.0. The van der Waals surface area contributed by atoms with Gasteiger partial charge in [0.25, 0.3) is 0 Å². The number of rotatable bonds is 5. The van der Waals surface area contributed by atoms with E-state index < -0.39 is 0 Å². The minimum atomic E-state index is 0.187. The zero-order valence-corrected chi connectivity index (χ0v) is 12.8. The Kier molecular flexibility index (Phi) is 4.79. The van der Waals surface area contributed by atoms with Gasteiger partial charge in [-0.15, -0.1) is 11.3 Å². The van der Waals surface area contributed by atoms with E-state index in [0.29, 0.717) is 0 Å². The van der Waals surface area contributed by atoms with Gasteiger partial charge in [-0.25, -0.2) is 4.98 Å². The molecule has 0 atom stereocenters.